The van der Waals surface area contributed by atoms with Gasteiger partial charge in [0.25, 0.3) is 0 Å². The van der Waals surface area contributed by atoms with Crippen LogP contribution < -0.4 is 10.1 Å². The fourth-order valence-electron chi connectivity index (χ4n) is 3.48. The van der Waals surface area contributed by atoms with Crippen molar-refractivity contribution < 1.29 is 4.74 Å². The van der Waals surface area contributed by atoms with Gasteiger partial charge in [-0.1, -0.05) is 12.1 Å². The molecule has 25 heavy (non-hydrogen) atoms. The lowest BCUT2D eigenvalue weighted by Crippen LogP contribution is -2.31. The van der Waals surface area contributed by atoms with Gasteiger partial charge in [0.05, 0.1) is 18.5 Å². The third-order valence-corrected chi connectivity index (χ3v) is 5.61. The zero-order valence-electron chi connectivity index (χ0n) is 14.3. The number of fused-ring (bicyclic) bond motifs is 1. The molecule has 1 saturated heterocycles. The van der Waals surface area contributed by atoms with Gasteiger partial charge >= 0.3 is 0 Å². The van der Waals surface area contributed by atoms with E-state index in [0.717, 1.165) is 41.4 Å². The van der Waals surface area contributed by atoms with E-state index in [0.29, 0.717) is 6.04 Å². The Morgan fingerprint density at radius 2 is 2.12 bits per heavy atom. The van der Waals surface area contributed by atoms with Crippen LogP contribution in [-0.4, -0.2) is 41.6 Å². The number of nitrogens with one attached hydrogen (secondary N) is 1. The number of methoxy groups -OCH3 is 1. The van der Waals surface area contributed by atoms with E-state index in [1.807, 2.05) is 6.07 Å². The quantitative estimate of drug-likeness (QED) is 0.726. The molecule has 0 aliphatic carbocycles. The Balaban J connectivity index is 1.59. The fraction of sp³-hybridized carbons (Fsp3) is 0.368. The molecule has 0 bridgehead atoms. The smallest absolute Gasteiger partial charge is 0.138 e. The van der Waals surface area contributed by atoms with Gasteiger partial charge in [-0.05, 0) is 55.1 Å². The van der Waals surface area contributed by atoms with Crippen LogP contribution in [0, 0.1) is 0 Å². The van der Waals surface area contributed by atoms with Crippen LogP contribution in [0.2, 0.25) is 0 Å². The third kappa shape index (κ3) is 3.45. The van der Waals surface area contributed by atoms with Gasteiger partial charge in [-0.25, -0.2) is 9.97 Å². The van der Waals surface area contributed by atoms with E-state index in [1.165, 1.54) is 18.4 Å². The molecule has 0 saturated carbocycles. The fourth-order valence-corrected chi connectivity index (χ4v) is 4.22. The highest BCUT2D eigenvalue weighted by Gasteiger charge is 2.24. The molecule has 1 aliphatic heterocycles. The van der Waals surface area contributed by atoms with Crippen molar-refractivity contribution in [2.75, 3.05) is 32.1 Å². The van der Waals surface area contributed by atoms with Gasteiger partial charge in [0, 0.05) is 6.54 Å². The Labute approximate surface area is 151 Å². The van der Waals surface area contributed by atoms with Crippen LogP contribution in [0.4, 0.5) is 5.82 Å². The number of benzene rings is 1. The Hall–Kier alpha value is -2.18. The summed E-state index contributed by atoms with van der Waals surface area (Å²) in [6.07, 6.45) is 4.17. The summed E-state index contributed by atoms with van der Waals surface area (Å²) in [5.74, 6) is 1.82. The number of rotatable bonds is 6. The molecule has 1 aliphatic rings. The normalized spacial score (nSPS) is 16.2. The van der Waals surface area contributed by atoms with Crippen molar-refractivity contribution in [3.63, 3.8) is 0 Å². The van der Waals surface area contributed by atoms with Crippen LogP contribution >= 0.6 is 11.3 Å². The Kier molecular flexibility index (Phi) is 4.81. The second-order valence-electron chi connectivity index (χ2n) is 6.28. The summed E-state index contributed by atoms with van der Waals surface area (Å²) in [6, 6.07) is 10.8. The minimum atomic E-state index is 0.307. The third-order valence-electron chi connectivity index (χ3n) is 4.78. The van der Waals surface area contributed by atoms with E-state index in [2.05, 4.69) is 49.8 Å². The molecule has 0 spiro atoms. The van der Waals surface area contributed by atoms with Crippen molar-refractivity contribution in [3.8, 4) is 5.75 Å². The summed E-state index contributed by atoms with van der Waals surface area (Å²) < 4.78 is 5.42. The maximum atomic E-state index is 5.42. The lowest BCUT2D eigenvalue weighted by molar-refractivity contribution is 0.255. The Morgan fingerprint density at radius 3 is 2.96 bits per heavy atom. The lowest BCUT2D eigenvalue weighted by atomic mass is 10.0. The largest absolute Gasteiger partial charge is 0.497 e. The van der Waals surface area contributed by atoms with Gasteiger partial charge in [-0.3, -0.25) is 4.90 Å². The standard InChI is InChI=1S/C19H22N4OS/c1-24-15-6-4-5-14(11-15)17(23-8-2-3-9-23)12-20-18-16-7-10-25-19(16)22-13-21-18/h4-7,10-11,13,17H,2-3,8-9,12H2,1H3,(H,20,21,22)/t17-/m1/s1. The first kappa shape index (κ1) is 16.3. The van der Waals surface area contributed by atoms with E-state index >= 15 is 0 Å². The van der Waals surface area contributed by atoms with Gasteiger partial charge in [0.15, 0.2) is 0 Å². The lowest BCUT2D eigenvalue weighted by Gasteiger charge is -2.28. The van der Waals surface area contributed by atoms with Crippen LogP contribution in [0.3, 0.4) is 0 Å². The summed E-state index contributed by atoms with van der Waals surface area (Å²) >= 11 is 1.64. The van der Waals surface area contributed by atoms with E-state index < -0.39 is 0 Å². The maximum Gasteiger partial charge on any atom is 0.138 e. The first-order valence-corrected chi connectivity index (χ1v) is 9.53. The molecule has 0 amide bonds. The predicted molar refractivity (Wildman–Crippen MR) is 102 cm³/mol. The minimum absolute atomic E-state index is 0.307. The van der Waals surface area contributed by atoms with Gasteiger partial charge in [0.2, 0.25) is 0 Å². The minimum Gasteiger partial charge on any atom is -0.497 e. The topological polar surface area (TPSA) is 50.3 Å². The predicted octanol–water partition coefficient (Wildman–Crippen LogP) is 3.95. The number of ether oxygens (including phenoxy) is 1. The molecule has 4 rings (SSSR count). The molecule has 3 aromatic rings. The van der Waals surface area contributed by atoms with Gasteiger partial charge in [-0.2, -0.15) is 0 Å². The summed E-state index contributed by atoms with van der Waals surface area (Å²) in [4.78, 5) is 12.3. The molecule has 1 fully saturated rings. The SMILES string of the molecule is COc1cccc([C@@H](CNc2ncnc3sccc23)N2CCCC2)c1. The van der Waals surface area contributed by atoms with Crippen molar-refractivity contribution in [3.05, 3.63) is 47.6 Å². The Morgan fingerprint density at radius 1 is 1.24 bits per heavy atom. The van der Waals surface area contributed by atoms with Gasteiger partial charge in [0.1, 0.15) is 22.7 Å². The van der Waals surface area contributed by atoms with Crippen molar-refractivity contribution in [1.82, 2.24) is 14.9 Å². The summed E-state index contributed by atoms with van der Waals surface area (Å²) in [5, 5.41) is 6.72. The molecule has 1 aromatic carbocycles. The number of nitrogens with zero attached hydrogens (tertiary/aromatic N) is 3. The molecule has 1 atom stereocenters. The highest BCUT2D eigenvalue weighted by molar-refractivity contribution is 7.16. The molecule has 1 N–H and O–H groups in total. The number of hydrogen-bond donors (Lipinski definition) is 1. The average Bonchev–Trinajstić information content (AvgIpc) is 3.34. The first-order chi connectivity index (χ1) is 12.3. The number of thiophene rings is 1. The number of aromatic nitrogens is 2. The molecule has 5 nitrogen and oxygen atoms in total. The van der Waals surface area contributed by atoms with Gasteiger partial charge < -0.3 is 10.1 Å². The van der Waals surface area contributed by atoms with Gasteiger partial charge in [-0.15, -0.1) is 11.3 Å². The highest BCUT2D eigenvalue weighted by Crippen LogP contribution is 2.29. The molecule has 0 unspecified atom stereocenters. The zero-order valence-corrected chi connectivity index (χ0v) is 15.1. The zero-order chi connectivity index (χ0) is 17.1. The second-order valence-corrected chi connectivity index (χ2v) is 7.17. The Bertz CT molecular complexity index is 844. The summed E-state index contributed by atoms with van der Waals surface area (Å²) in [5.41, 5.74) is 1.28. The molecule has 6 heteroatoms. The van der Waals surface area contributed by atoms with Crippen molar-refractivity contribution in [1.29, 1.82) is 0 Å². The van der Waals surface area contributed by atoms with Crippen molar-refractivity contribution >= 4 is 27.4 Å². The molecule has 130 valence electrons. The van der Waals surface area contributed by atoms with Crippen LogP contribution in [0.1, 0.15) is 24.4 Å². The molecule has 2 aromatic heterocycles. The van der Waals surface area contributed by atoms with Crippen LogP contribution in [0.5, 0.6) is 5.75 Å². The highest BCUT2D eigenvalue weighted by atomic mass is 32.1. The van der Waals surface area contributed by atoms with Crippen LogP contribution in [0.25, 0.3) is 10.2 Å². The summed E-state index contributed by atoms with van der Waals surface area (Å²) in [6.45, 7) is 3.09. The van der Waals surface area contributed by atoms with E-state index in [1.54, 1.807) is 24.8 Å². The molecule has 3 heterocycles. The second kappa shape index (κ2) is 7.37. The maximum absolute atomic E-state index is 5.42. The number of hydrogen-bond acceptors (Lipinski definition) is 6. The van der Waals surface area contributed by atoms with Crippen LogP contribution in [-0.2, 0) is 0 Å². The number of anilines is 1. The van der Waals surface area contributed by atoms with E-state index in [-0.39, 0.29) is 0 Å². The first-order valence-electron chi connectivity index (χ1n) is 8.65. The van der Waals surface area contributed by atoms with E-state index in [9.17, 15) is 0 Å². The van der Waals surface area contributed by atoms with Crippen molar-refractivity contribution in [2.45, 2.75) is 18.9 Å². The van der Waals surface area contributed by atoms with Crippen molar-refractivity contribution in [2.24, 2.45) is 0 Å². The molecular weight excluding hydrogens is 332 g/mol. The van der Waals surface area contributed by atoms with Crippen LogP contribution in [0.15, 0.2) is 42.0 Å². The van der Waals surface area contributed by atoms with E-state index in [4.69, 9.17) is 4.74 Å². The number of likely N-dealkylation sites (tertiary alicyclic amines) is 1. The summed E-state index contributed by atoms with van der Waals surface area (Å²) in [7, 11) is 1.72. The molecular formula is C19H22N4OS. The monoisotopic (exact) mass is 354 g/mol. The average molecular weight is 354 g/mol. The molecule has 0 radical (unpaired) electrons.